The smallest absolute Gasteiger partial charge is 0.319 e. The Bertz CT molecular complexity index is 704. The van der Waals surface area contributed by atoms with Gasteiger partial charge in [-0.1, -0.05) is 26.0 Å². The van der Waals surface area contributed by atoms with Crippen molar-refractivity contribution in [3.05, 3.63) is 29.8 Å². The predicted molar refractivity (Wildman–Crippen MR) is 95.6 cm³/mol. The van der Waals surface area contributed by atoms with Gasteiger partial charge in [0.1, 0.15) is 12.1 Å². The van der Waals surface area contributed by atoms with Crippen LogP contribution in [0, 0.1) is 0 Å². The molecule has 8 nitrogen and oxygen atoms in total. The first-order chi connectivity index (χ1) is 12.4. The summed E-state index contributed by atoms with van der Waals surface area (Å²) in [4.78, 5) is 37.9. The van der Waals surface area contributed by atoms with Crippen LogP contribution in [0.2, 0.25) is 0 Å². The first-order valence-electron chi connectivity index (χ1n) is 8.78. The van der Waals surface area contributed by atoms with Gasteiger partial charge in [-0.2, -0.15) is 0 Å². The molecule has 1 aromatic rings. The van der Waals surface area contributed by atoms with Crippen molar-refractivity contribution in [2.24, 2.45) is 0 Å². The number of amides is 4. The second kappa shape index (κ2) is 7.33. The van der Waals surface area contributed by atoms with E-state index in [9.17, 15) is 19.5 Å². The molecule has 0 aliphatic carbocycles. The van der Waals surface area contributed by atoms with Crippen LogP contribution in [-0.2, 0) is 9.59 Å². The molecule has 26 heavy (non-hydrogen) atoms. The Kier molecular flexibility index (Phi) is 5.13. The highest BCUT2D eigenvalue weighted by Crippen LogP contribution is 2.23. The fourth-order valence-electron chi connectivity index (χ4n) is 3.39. The van der Waals surface area contributed by atoms with Crippen LogP contribution in [0.3, 0.4) is 0 Å². The maximum atomic E-state index is 12.2. The maximum absolute atomic E-state index is 12.2. The van der Waals surface area contributed by atoms with E-state index in [1.807, 2.05) is 24.3 Å². The third-order valence-corrected chi connectivity index (χ3v) is 4.85. The highest BCUT2D eigenvalue weighted by Gasteiger charge is 2.46. The molecule has 8 heteroatoms. The summed E-state index contributed by atoms with van der Waals surface area (Å²) in [7, 11) is 0. The minimum Gasteiger partial charge on any atom is -0.394 e. The number of hydrogen-bond acceptors (Lipinski definition) is 4. The van der Waals surface area contributed by atoms with Gasteiger partial charge in [0.2, 0.25) is 11.8 Å². The van der Waals surface area contributed by atoms with Crippen molar-refractivity contribution in [2.75, 3.05) is 18.5 Å². The summed E-state index contributed by atoms with van der Waals surface area (Å²) in [6, 6.07) is 5.43. The van der Waals surface area contributed by atoms with Crippen LogP contribution in [0.5, 0.6) is 0 Å². The van der Waals surface area contributed by atoms with Gasteiger partial charge in [0.25, 0.3) is 0 Å². The topological polar surface area (TPSA) is 111 Å². The summed E-state index contributed by atoms with van der Waals surface area (Å²) in [6.07, 6.45) is 0.357. The van der Waals surface area contributed by atoms with Gasteiger partial charge in [0, 0.05) is 12.2 Å². The molecule has 0 saturated carbocycles. The molecule has 2 saturated heterocycles. The molecule has 0 spiro atoms. The third kappa shape index (κ3) is 3.65. The standard InChI is InChI=1S/C18H24N4O4/c1-10(2)11-3-5-12(6-4-11)19-18(26)20-13-7-15-16(24)21-14(9-23)17(25)22(15)8-13/h3-6,10,13-15,23H,7-9H2,1-2H3,(H,21,24)(H2,19,20,26)/t13-,14+,15-/m0/s1. The van der Waals surface area contributed by atoms with Crippen molar-refractivity contribution >= 4 is 23.5 Å². The highest BCUT2D eigenvalue weighted by molar-refractivity contribution is 5.98. The minimum atomic E-state index is -0.897. The van der Waals surface area contributed by atoms with Crippen molar-refractivity contribution in [1.29, 1.82) is 0 Å². The fourth-order valence-corrected chi connectivity index (χ4v) is 3.39. The summed E-state index contributed by atoms with van der Waals surface area (Å²) in [5, 5.41) is 17.3. The number of nitrogens with zero attached hydrogens (tertiary/aromatic N) is 1. The molecule has 0 bridgehead atoms. The number of aliphatic hydroxyl groups is 1. The summed E-state index contributed by atoms with van der Waals surface area (Å²) in [5.41, 5.74) is 1.86. The number of piperazine rings is 1. The third-order valence-electron chi connectivity index (χ3n) is 4.85. The number of benzene rings is 1. The van der Waals surface area contributed by atoms with Crippen molar-refractivity contribution in [2.45, 2.75) is 44.3 Å². The van der Waals surface area contributed by atoms with E-state index in [1.165, 1.54) is 10.5 Å². The van der Waals surface area contributed by atoms with E-state index >= 15 is 0 Å². The molecule has 1 aromatic carbocycles. The number of aliphatic hydroxyl groups excluding tert-OH is 1. The van der Waals surface area contributed by atoms with Gasteiger partial charge in [0.15, 0.2) is 0 Å². The number of carbonyl (C=O) groups is 3. The van der Waals surface area contributed by atoms with Crippen LogP contribution in [-0.4, -0.2) is 59.1 Å². The van der Waals surface area contributed by atoms with Gasteiger partial charge in [-0.15, -0.1) is 0 Å². The molecular formula is C18H24N4O4. The number of fused-ring (bicyclic) bond motifs is 1. The molecule has 2 fully saturated rings. The Morgan fingerprint density at radius 3 is 2.62 bits per heavy atom. The predicted octanol–water partition coefficient (Wildman–Crippen LogP) is 0.392. The van der Waals surface area contributed by atoms with E-state index in [0.29, 0.717) is 18.0 Å². The number of hydrogen-bond donors (Lipinski definition) is 4. The van der Waals surface area contributed by atoms with Gasteiger partial charge in [-0.3, -0.25) is 9.59 Å². The average molecular weight is 360 g/mol. The summed E-state index contributed by atoms with van der Waals surface area (Å²) in [5.74, 6) is -0.191. The Morgan fingerprint density at radius 1 is 1.31 bits per heavy atom. The zero-order chi connectivity index (χ0) is 18.8. The average Bonchev–Trinajstić information content (AvgIpc) is 3.03. The molecule has 3 rings (SSSR count). The number of anilines is 1. The molecule has 0 unspecified atom stereocenters. The first-order valence-corrected chi connectivity index (χ1v) is 8.78. The first kappa shape index (κ1) is 18.2. The zero-order valence-electron chi connectivity index (χ0n) is 14.9. The maximum Gasteiger partial charge on any atom is 0.319 e. The van der Waals surface area contributed by atoms with Crippen molar-refractivity contribution in [3.8, 4) is 0 Å². The lowest BCUT2D eigenvalue weighted by Crippen LogP contribution is -2.62. The summed E-state index contributed by atoms with van der Waals surface area (Å²) < 4.78 is 0. The molecule has 2 aliphatic heterocycles. The molecule has 2 aliphatic rings. The normalized spacial score (nSPS) is 25.1. The fraction of sp³-hybridized carbons (Fsp3) is 0.500. The Morgan fingerprint density at radius 2 is 2.00 bits per heavy atom. The number of urea groups is 1. The van der Waals surface area contributed by atoms with E-state index in [2.05, 4.69) is 29.8 Å². The monoisotopic (exact) mass is 360 g/mol. The molecule has 3 atom stereocenters. The summed E-state index contributed by atoms with van der Waals surface area (Å²) in [6.45, 7) is 4.03. The number of nitrogens with one attached hydrogen (secondary N) is 3. The van der Waals surface area contributed by atoms with Crippen LogP contribution in [0.15, 0.2) is 24.3 Å². The van der Waals surface area contributed by atoms with Gasteiger partial charge in [-0.05, 0) is 30.0 Å². The van der Waals surface area contributed by atoms with Gasteiger partial charge in [0.05, 0.1) is 12.6 Å². The summed E-state index contributed by atoms with van der Waals surface area (Å²) >= 11 is 0. The zero-order valence-corrected chi connectivity index (χ0v) is 14.9. The lowest BCUT2D eigenvalue weighted by atomic mass is 10.0. The molecule has 4 N–H and O–H groups in total. The van der Waals surface area contributed by atoms with Gasteiger partial charge >= 0.3 is 6.03 Å². The van der Waals surface area contributed by atoms with E-state index < -0.39 is 18.7 Å². The van der Waals surface area contributed by atoms with E-state index in [1.54, 1.807) is 0 Å². The number of carbonyl (C=O) groups excluding carboxylic acids is 3. The van der Waals surface area contributed by atoms with Crippen molar-refractivity contribution < 1.29 is 19.5 Å². The Balaban J connectivity index is 1.57. The number of rotatable bonds is 4. The largest absolute Gasteiger partial charge is 0.394 e. The molecule has 4 amide bonds. The van der Waals surface area contributed by atoms with Gasteiger partial charge < -0.3 is 26.0 Å². The molecule has 140 valence electrons. The highest BCUT2D eigenvalue weighted by atomic mass is 16.3. The molecule has 0 aromatic heterocycles. The van der Waals surface area contributed by atoms with E-state index in [0.717, 1.165) is 0 Å². The quantitative estimate of drug-likeness (QED) is 0.622. The van der Waals surface area contributed by atoms with E-state index in [4.69, 9.17) is 0 Å². The second-order valence-corrected chi connectivity index (χ2v) is 7.06. The SMILES string of the molecule is CC(C)c1ccc(NC(=O)N[C@H]2C[C@H]3C(=O)N[C@H](CO)C(=O)N3C2)cc1. The lowest BCUT2D eigenvalue weighted by molar-refractivity contribution is -0.148. The second-order valence-electron chi connectivity index (χ2n) is 7.06. The Labute approximate surface area is 151 Å². The molecular weight excluding hydrogens is 336 g/mol. The van der Waals surface area contributed by atoms with Crippen LogP contribution in [0.1, 0.15) is 31.7 Å². The van der Waals surface area contributed by atoms with Crippen molar-refractivity contribution in [3.63, 3.8) is 0 Å². The van der Waals surface area contributed by atoms with Crippen LogP contribution in [0.25, 0.3) is 0 Å². The van der Waals surface area contributed by atoms with Crippen LogP contribution < -0.4 is 16.0 Å². The van der Waals surface area contributed by atoms with Crippen molar-refractivity contribution in [1.82, 2.24) is 15.5 Å². The van der Waals surface area contributed by atoms with E-state index in [-0.39, 0.29) is 30.4 Å². The van der Waals surface area contributed by atoms with Gasteiger partial charge in [-0.25, -0.2) is 4.79 Å². The minimum absolute atomic E-state index is 0.257. The Hall–Kier alpha value is -2.61. The molecule has 0 radical (unpaired) electrons. The lowest BCUT2D eigenvalue weighted by Gasteiger charge is -2.33. The van der Waals surface area contributed by atoms with Crippen LogP contribution in [0.4, 0.5) is 10.5 Å². The van der Waals surface area contributed by atoms with Crippen LogP contribution >= 0.6 is 0 Å². The molecule has 2 heterocycles.